The maximum absolute atomic E-state index is 12.7. The van der Waals surface area contributed by atoms with Crippen LogP contribution in [0.3, 0.4) is 0 Å². The van der Waals surface area contributed by atoms with Crippen molar-refractivity contribution in [3.8, 4) is 0 Å². The van der Waals surface area contributed by atoms with Crippen molar-refractivity contribution in [2.75, 3.05) is 7.11 Å². The summed E-state index contributed by atoms with van der Waals surface area (Å²) in [6, 6.07) is 10.6. The van der Waals surface area contributed by atoms with Gasteiger partial charge in [0.05, 0.1) is 18.0 Å². The fourth-order valence-corrected chi connectivity index (χ4v) is 3.17. The topological polar surface area (TPSA) is 93.2 Å². The van der Waals surface area contributed by atoms with Crippen molar-refractivity contribution in [3.63, 3.8) is 0 Å². The molecule has 9 heteroatoms. The average Bonchev–Trinajstić information content (AvgIpc) is 2.70. The summed E-state index contributed by atoms with van der Waals surface area (Å²) in [4.78, 5) is 40.1. The Balaban J connectivity index is 1.96. The highest BCUT2D eigenvalue weighted by Crippen LogP contribution is 2.19. The fourth-order valence-electron chi connectivity index (χ4n) is 2.71. The van der Waals surface area contributed by atoms with Gasteiger partial charge in [-0.15, -0.1) is 0 Å². The Morgan fingerprint density at radius 3 is 2.54 bits per heavy atom. The number of nitrogens with one attached hydrogen (secondary N) is 2. The number of aromatic nitrogens is 2. The van der Waals surface area contributed by atoms with Crippen molar-refractivity contribution < 1.29 is 14.3 Å². The summed E-state index contributed by atoms with van der Waals surface area (Å²) >= 11 is 8.45. The van der Waals surface area contributed by atoms with Crippen LogP contribution in [0.25, 0.3) is 10.9 Å². The minimum Gasteiger partial charge on any atom is -0.467 e. The summed E-state index contributed by atoms with van der Waals surface area (Å²) < 4.78 is 7.23. The Morgan fingerprint density at radius 1 is 1.21 bits per heavy atom. The summed E-state index contributed by atoms with van der Waals surface area (Å²) in [6.07, 6.45) is 0. The van der Waals surface area contributed by atoms with Gasteiger partial charge < -0.3 is 15.0 Å². The van der Waals surface area contributed by atoms with Gasteiger partial charge in [0, 0.05) is 17.1 Å². The number of esters is 1. The van der Waals surface area contributed by atoms with E-state index in [0.29, 0.717) is 16.5 Å². The van der Waals surface area contributed by atoms with Gasteiger partial charge in [0.15, 0.2) is 10.8 Å². The van der Waals surface area contributed by atoms with E-state index in [1.807, 2.05) is 0 Å². The first-order valence-corrected chi connectivity index (χ1v) is 9.39. The van der Waals surface area contributed by atoms with Crippen LogP contribution >= 0.6 is 28.1 Å². The van der Waals surface area contributed by atoms with Crippen LogP contribution in [-0.4, -0.2) is 28.5 Å². The van der Waals surface area contributed by atoms with Gasteiger partial charge in [-0.1, -0.05) is 28.1 Å². The molecule has 2 N–H and O–H groups in total. The lowest BCUT2D eigenvalue weighted by atomic mass is 10.1. The van der Waals surface area contributed by atoms with Crippen molar-refractivity contribution >= 4 is 50.9 Å². The lowest BCUT2D eigenvalue weighted by Crippen LogP contribution is -2.34. The molecule has 1 amide bonds. The van der Waals surface area contributed by atoms with E-state index in [0.717, 1.165) is 4.47 Å². The molecule has 0 radical (unpaired) electrons. The largest absolute Gasteiger partial charge is 0.467 e. The first kappa shape index (κ1) is 20.0. The predicted molar refractivity (Wildman–Crippen MR) is 111 cm³/mol. The third-order valence-corrected chi connectivity index (χ3v) is 5.18. The molecule has 0 bridgehead atoms. The molecule has 1 aromatic heterocycles. The molecule has 0 saturated carbocycles. The van der Waals surface area contributed by atoms with E-state index in [1.165, 1.54) is 23.8 Å². The van der Waals surface area contributed by atoms with Gasteiger partial charge in [-0.25, -0.2) is 4.79 Å². The molecule has 3 rings (SSSR count). The standard InChI is InChI=1S/C19H16BrN3O4S/c1-23-17(25)13-8-5-11(9-14(13)21-19(23)28)16(24)22-15(18(26)27-2)10-3-6-12(20)7-4-10/h3-9,15H,1-2H3,(H,21,28)(H,22,24). The second kappa shape index (κ2) is 8.07. The van der Waals surface area contributed by atoms with Crippen molar-refractivity contribution in [1.29, 1.82) is 0 Å². The highest BCUT2D eigenvalue weighted by atomic mass is 79.9. The van der Waals surface area contributed by atoms with E-state index in [1.54, 1.807) is 37.4 Å². The zero-order valence-corrected chi connectivity index (χ0v) is 17.4. The van der Waals surface area contributed by atoms with Crippen LogP contribution in [-0.2, 0) is 16.6 Å². The van der Waals surface area contributed by atoms with E-state index in [9.17, 15) is 14.4 Å². The minimum atomic E-state index is -0.969. The van der Waals surface area contributed by atoms with Gasteiger partial charge >= 0.3 is 5.97 Å². The fraction of sp³-hybridized carbons (Fsp3) is 0.158. The molecule has 1 atom stereocenters. The minimum absolute atomic E-state index is 0.248. The summed E-state index contributed by atoms with van der Waals surface area (Å²) in [5.41, 5.74) is 1.04. The molecular formula is C19H16BrN3O4S. The number of H-pyrrole nitrogens is 1. The molecule has 1 unspecified atom stereocenters. The molecule has 0 saturated heterocycles. The number of nitrogens with zero attached hydrogens (tertiary/aromatic N) is 1. The monoisotopic (exact) mass is 461 g/mol. The second-order valence-corrected chi connectivity index (χ2v) is 7.34. The molecule has 7 nitrogen and oxygen atoms in total. The van der Waals surface area contributed by atoms with Crippen molar-refractivity contribution in [2.45, 2.75) is 6.04 Å². The van der Waals surface area contributed by atoms with Crippen LogP contribution < -0.4 is 10.9 Å². The number of ether oxygens (including phenoxy) is 1. The number of rotatable bonds is 4. The summed E-state index contributed by atoms with van der Waals surface area (Å²) in [5, 5.41) is 3.08. The number of methoxy groups -OCH3 is 1. The molecule has 2 aromatic carbocycles. The molecule has 144 valence electrons. The van der Waals surface area contributed by atoms with Crippen molar-refractivity contribution in [2.24, 2.45) is 7.05 Å². The van der Waals surface area contributed by atoms with Gasteiger partial charge in [0.2, 0.25) is 0 Å². The Kier molecular flexibility index (Phi) is 5.76. The van der Waals surface area contributed by atoms with Crippen LogP contribution in [0.15, 0.2) is 51.7 Å². The number of fused-ring (bicyclic) bond motifs is 1. The Bertz CT molecular complexity index is 1180. The van der Waals surface area contributed by atoms with E-state index >= 15 is 0 Å². The van der Waals surface area contributed by atoms with Gasteiger partial charge in [0.1, 0.15) is 0 Å². The quantitative estimate of drug-likeness (QED) is 0.460. The van der Waals surface area contributed by atoms with Gasteiger partial charge in [-0.05, 0) is 48.1 Å². The number of halogens is 1. The van der Waals surface area contributed by atoms with Gasteiger partial charge in [0.25, 0.3) is 11.5 Å². The lowest BCUT2D eigenvalue weighted by Gasteiger charge is -2.17. The van der Waals surface area contributed by atoms with E-state index in [4.69, 9.17) is 17.0 Å². The molecule has 28 heavy (non-hydrogen) atoms. The summed E-state index contributed by atoms with van der Waals surface area (Å²) in [6.45, 7) is 0. The zero-order valence-electron chi connectivity index (χ0n) is 15.0. The molecule has 0 spiro atoms. The highest BCUT2D eigenvalue weighted by molar-refractivity contribution is 9.10. The molecule has 1 heterocycles. The number of aromatic amines is 1. The summed E-state index contributed by atoms with van der Waals surface area (Å²) in [5.74, 6) is -1.08. The number of hydrogen-bond acceptors (Lipinski definition) is 5. The number of amides is 1. The number of carbonyl (C=O) groups is 2. The highest BCUT2D eigenvalue weighted by Gasteiger charge is 2.24. The van der Waals surface area contributed by atoms with Crippen molar-refractivity contribution in [3.05, 3.63) is 73.2 Å². The lowest BCUT2D eigenvalue weighted by molar-refractivity contribution is -0.143. The first-order chi connectivity index (χ1) is 13.3. The maximum atomic E-state index is 12.7. The molecule has 0 aliphatic heterocycles. The number of benzene rings is 2. The molecule has 0 aliphatic carbocycles. The Labute approximate surface area is 173 Å². The number of carbonyl (C=O) groups excluding carboxylic acids is 2. The number of hydrogen-bond donors (Lipinski definition) is 2. The van der Waals surface area contributed by atoms with E-state index in [2.05, 4.69) is 26.2 Å². The third kappa shape index (κ3) is 3.90. The van der Waals surface area contributed by atoms with Crippen molar-refractivity contribution in [1.82, 2.24) is 14.9 Å². The molecular weight excluding hydrogens is 446 g/mol. The van der Waals surface area contributed by atoms with Gasteiger partial charge in [-0.3, -0.25) is 14.2 Å². The first-order valence-electron chi connectivity index (χ1n) is 8.19. The van der Waals surface area contributed by atoms with E-state index < -0.39 is 17.9 Å². The maximum Gasteiger partial charge on any atom is 0.333 e. The van der Waals surface area contributed by atoms with Crippen LogP contribution in [0.2, 0.25) is 0 Å². The average molecular weight is 462 g/mol. The third-order valence-electron chi connectivity index (χ3n) is 4.28. The smallest absolute Gasteiger partial charge is 0.333 e. The Hall–Kier alpha value is -2.78. The molecule has 0 aliphatic rings. The van der Waals surface area contributed by atoms with Crippen LogP contribution in [0, 0.1) is 4.77 Å². The zero-order chi connectivity index (χ0) is 20.4. The summed E-state index contributed by atoms with van der Waals surface area (Å²) in [7, 11) is 2.83. The molecule has 3 aromatic rings. The van der Waals surface area contributed by atoms with E-state index in [-0.39, 0.29) is 15.9 Å². The molecule has 0 fully saturated rings. The predicted octanol–water partition coefficient (Wildman–Crippen LogP) is 3.00. The van der Waals surface area contributed by atoms with Crippen LogP contribution in [0.1, 0.15) is 22.0 Å². The Morgan fingerprint density at radius 2 is 1.89 bits per heavy atom. The van der Waals surface area contributed by atoms with Gasteiger partial charge in [-0.2, -0.15) is 0 Å². The second-order valence-electron chi connectivity index (χ2n) is 6.04. The van der Waals surface area contributed by atoms with Crippen LogP contribution in [0.4, 0.5) is 0 Å². The van der Waals surface area contributed by atoms with Crippen LogP contribution in [0.5, 0.6) is 0 Å². The normalized spacial score (nSPS) is 11.8. The SMILES string of the molecule is COC(=O)C(NC(=O)c1ccc2c(=O)n(C)c(=S)[nH]c2c1)c1ccc(Br)cc1.